The Morgan fingerprint density at radius 3 is 2.50 bits per heavy atom. The lowest BCUT2D eigenvalue weighted by Crippen LogP contribution is -2.35. The third-order valence-corrected chi connectivity index (χ3v) is 9.21. The molecule has 1 aromatic heterocycles. The van der Waals surface area contributed by atoms with E-state index in [1.54, 1.807) is 16.7 Å². The first-order chi connectivity index (χ1) is 20.4. The van der Waals surface area contributed by atoms with E-state index < -0.39 is 0 Å². The summed E-state index contributed by atoms with van der Waals surface area (Å²) >= 11 is 7.46. The van der Waals surface area contributed by atoms with Gasteiger partial charge in [0.25, 0.3) is 5.56 Å². The van der Waals surface area contributed by atoms with Crippen molar-refractivity contribution in [1.82, 2.24) is 14.9 Å². The molecule has 0 bridgehead atoms. The standard InChI is InChI=1S/C33H35ClN4O3S/c1-22-11-16-26(19-28(22)34)36-30(39)21-42-33-37-29-10-6-5-9-27(29)32(41)38(33)20-24-12-14-25(15-13-24)31(40)35-18-17-23-7-3-2-4-8-23/h2-11,16,19,24-25H,12-15,17-18,20-21H2,1H3,(H,35,40)(H,36,39). The van der Waals surface area contributed by atoms with E-state index in [0.29, 0.717) is 39.9 Å². The first kappa shape index (κ1) is 29.9. The molecule has 42 heavy (non-hydrogen) atoms. The van der Waals surface area contributed by atoms with Gasteiger partial charge in [-0.1, -0.05) is 71.9 Å². The fraction of sp³-hybridized carbons (Fsp3) is 0.333. The molecule has 4 aromatic rings. The number of carbonyl (C=O) groups is 2. The second kappa shape index (κ2) is 14.0. The molecule has 1 heterocycles. The van der Waals surface area contributed by atoms with Crippen molar-refractivity contribution < 1.29 is 9.59 Å². The Balaban J connectivity index is 1.21. The number of benzene rings is 3. The van der Waals surface area contributed by atoms with Gasteiger partial charge in [-0.25, -0.2) is 4.98 Å². The van der Waals surface area contributed by atoms with Gasteiger partial charge in [-0.2, -0.15) is 0 Å². The molecule has 1 fully saturated rings. The molecule has 0 saturated heterocycles. The first-order valence-corrected chi connectivity index (χ1v) is 15.7. The zero-order valence-electron chi connectivity index (χ0n) is 23.6. The highest BCUT2D eigenvalue weighted by atomic mass is 35.5. The Labute approximate surface area is 255 Å². The number of hydrogen-bond donors (Lipinski definition) is 2. The molecule has 5 rings (SSSR count). The molecule has 0 aliphatic heterocycles. The number of carbonyl (C=O) groups excluding carboxylic acids is 2. The first-order valence-electron chi connectivity index (χ1n) is 14.4. The average Bonchev–Trinajstić information content (AvgIpc) is 3.00. The van der Waals surface area contributed by atoms with Crippen molar-refractivity contribution in [2.75, 3.05) is 17.6 Å². The molecule has 1 saturated carbocycles. The van der Waals surface area contributed by atoms with E-state index in [9.17, 15) is 14.4 Å². The minimum atomic E-state index is -0.201. The predicted octanol–water partition coefficient (Wildman–Crippen LogP) is 6.25. The predicted molar refractivity (Wildman–Crippen MR) is 170 cm³/mol. The van der Waals surface area contributed by atoms with E-state index in [4.69, 9.17) is 16.6 Å². The monoisotopic (exact) mass is 602 g/mol. The highest BCUT2D eigenvalue weighted by molar-refractivity contribution is 7.99. The van der Waals surface area contributed by atoms with Crippen LogP contribution in [0.25, 0.3) is 10.9 Å². The highest BCUT2D eigenvalue weighted by Crippen LogP contribution is 2.31. The van der Waals surface area contributed by atoms with Gasteiger partial charge in [0.05, 0.1) is 16.7 Å². The lowest BCUT2D eigenvalue weighted by molar-refractivity contribution is -0.126. The SMILES string of the molecule is Cc1ccc(NC(=O)CSc2nc3ccccc3c(=O)n2CC2CCC(C(=O)NCCc3ccccc3)CC2)cc1Cl. The number of thioether (sulfide) groups is 1. The molecule has 0 atom stereocenters. The van der Waals surface area contributed by atoms with Crippen LogP contribution in [0.3, 0.4) is 0 Å². The molecule has 1 aliphatic carbocycles. The van der Waals surface area contributed by atoms with Crippen LogP contribution in [0.5, 0.6) is 0 Å². The smallest absolute Gasteiger partial charge is 0.262 e. The average molecular weight is 603 g/mol. The maximum absolute atomic E-state index is 13.6. The molecule has 218 valence electrons. The van der Waals surface area contributed by atoms with Crippen molar-refractivity contribution >= 4 is 51.8 Å². The van der Waals surface area contributed by atoms with Gasteiger partial charge in [-0.15, -0.1) is 0 Å². The zero-order valence-corrected chi connectivity index (χ0v) is 25.2. The lowest BCUT2D eigenvalue weighted by Gasteiger charge is -2.28. The third-order valence-electron chi connectivity index (χ3n) is 7.83. The number of halogens is 1. The van der Waals surface area contributed by atoms with Gasteiger partial charge >= 0.3 is 0 Å². The molecule has 0 radical (unpaired) electrons. The highest BCUT2D eigenvalue weighted by Gasteiger charge is 2.27. The molecule has 2 N–H and O–H groups in total. The van der Waals surface area contributed by atoms with Crippen LogP contribution in [-0.2, 0) is 22.6 Å². The Hall–Kier alpha value is -3.62. The van der Waals surface area contributed by atoms with Crippen molar-refractivity contribution in [3.63, 3.8) is 0 Å². The number of aryl methyl sites for hydroxylation is 1. The molecule has 7 nitrogen and oxygen atoms in total. The molecule has 9 heteroatoms. The number of rotatable bonds is 10. The molecular weight excluding hydrogens is 568 g/mol. The topological polar surface area (TPSA) is 93.1 Å². The van der Waals surface area contributed by atoms with E-state index in [-0.39, 0.29) is 35.0 Å². The number of nitrogens with one attached hydrogen (secondary N) is 2. The molecule has 0 spiro atoms. The molecular formula is C33H35ClN4O3S. The molecule has 0 unspecified atom stereocenters. The molecule has 2 amide bonds. The van der Waals surface area contributed by atoms with Gasteiger partial charge < -0.3 is 10.6 Å². The quantitative estimate of drug-likeness (QED) is 0.165. The van der Waals surface area contributed by atoms with Crippen LogP contribution in [0.1, 0.15) is 36.8 Å². The summed E-state index contributed by atoms with van der Waals surface area (Å²) in [5, 5.41) is 7.65. The number of nitrogens with zero attached hydrogens (tertiary/aromatic N) is 2. The van der Waals surface area contributed by atoms with E-state index in [1.165, 1.54) is 17.3 Å². The zero-order chi connectivity index (χ0) is 29.5. The van der Waals surface area contributed by atoms with E-state index in [0.717, 1.165) is 37.7 Å². The second-order valence-corrected chi connectivity index (χ2v) is 12.2. The Bertz CT molecular complexity index is 1620. The summed E-state index contributed by atoms with van der Waals surface area (Å²) in [5.41, 5.74) is 3.28. The Morgan fingerprint density at radius 1 is 1.00 bits per heavy atom. The largest absolute Gasteiger partial charge is 0.356 e. The summed E-state index contributed by atoms with van der Waals surface area (Å²) < 4.78 is 1.72. The van der Waals surface area contributed by atoms with Gasteiger partial charge in [0.15, 0.2) is 5.16 Å². The summed E-state index contributed by atoms with van der Waals surface area (Å²) in [6, 6.07) is 22.8. The van der Waals surface area contributed by atoms with Crippen molar-refractivity contribution in [2.45, 2.75) is 50.7 Å². The van der Waals surface area contributed by atoms with Crippen molar-refractivity contribution in [3.8, 4) is 0 Å². The Kier molecular flexibility index (Phi) is 9.97. The van der Waals surface area contributed by atoms with Crippen molar-refractivity contribution in [2.24, 2.45) is 11.8 Å². The minimum Gasteiger partial charge on any atom is -0.356 e. The summed E-state index contributed by atoms with van der Waals surface area (Å²) in [5.74, 6) is 0.267. The number of anilines is 1. The van der Waals surface area contributed by atoms with Crippen LogP contribution in [0.15, 0.2) is 82.7 Å². The van der Waals surface area contributed by atoms with Gasteiger partial charge in [0.1, 0.15) is 0 Å². The van der Waals surface area contributed by atoms with E-state index in [1.807, 2.05) is 55.5 Å². The number of fused-ring (bicyclic) bond motifs is 1. The van der Waals surface area contributed by atoms with Gasteiger partial charge in [0, 0.05) is 29.7 Å². The minimum absolute atomic E-state index is 0.00343. The normalized spacial score (nSPS) is 16.7. The van der Waals surface area contributed by atoms with Crippen LogP contribution in [0, 0.1) is 18.8 Å². The van der Waals surface area contributed by atoms with Gasteiger partial charge in [0.2, 0.25) is 11.8 Å². The number of hydrogen-bond acceptors (Lipinski definition) is 5. The van der Waals surface area contributed by atoms with Crippen LogP contribution in [-0.4, -0.2) is 33.7 Å². The Morgan fingerprint density at radius 2 is 1.74 bits per heavy atom. The fourth-order valence-electron chi connectivity index (χ4n) is 5.40. The van der Waals surface area contributed by atoms with E-state index in [2.05, 4.69) is 22.8 Å². The third kappa shape index (κ3) is 7.61. The maximum Gasteiger partial charge on any atom is 0.262 e. The number of para-hydroxylation sites is 1. The van der Waals surface area contributed by atoms with Gasteiger partial charge in [-0.05, 0) is 80.3 Å². The summed E-state index contributed by atoms with van der Waals surface area (Å²) in [6.07, 6.45) is 4.11. The molecule has 1 aliphatic rings. The van der Waals surface area contributed by atoms with Crippen LogP contribution in [0.2, 0.25) is 5.02 Å². The fourth-order valence-corrected chi connectivity index (χ4v) is 6.39. The van der Waals surface area contributed by atoms with Crippen LogP contribution >= 0.6 is 23.4 Å². The van der Waals surface area contributed by atoms with Crippen LogP contribution < -0.4 is 16.2 Å². The van der Waals surface area contributed by atoms with E-state index >= 15 is 0 Å². The second-order valence-electron chi connectivity index (χ2n) is 10.9. The van der Waals surface area contributed by atoms with Gasteiger partial charge in [-0.3, -0.25) is 19.0 Å². The molecule has 3 aromatic carbocycles. The van der Waals surface area contributed by atoms with Crippen LogP contribution in [0.4, 0.5) is 5.69 Å². The summed E-state index contributed by atoms with van der Waals surface area (Å²) in [6.45, 7) is 3.05. The number of amides is 2. The van der Waals surface area contributed by atoms with Crippen molar-refractivity contribution in [1.29, 1.82) is 0 Å². The lowest BCUT2D eigenvalue weighted by atomic mass is 9.81. The number of aromatic nitrogens is 2. The summed E-state index contributed by atoms with van der Waals surface area (Å²) in [7, 11) is 0. The van der Waals surface area contributed by atoms with Crippen molar-refractivity contribution in [3.05, 3.63) is 99.3 Å². The maximum atomic E-state index is 13.6. The summed E-state index contributed by atoms with van der Waals surface area (Å²) in [4.78, 5) is 43.9.